The zero-order valence-corrected chi connectivity index (χ0v) is 11.0. The topological polar surface area (TPSA) is 119 Å². The Balaban J connectivity index is 2.16. The zero-order chi connectivity index (χ0) is 15.6. The summed E-state index contributed by atoms with van der Waals surface area (Å²) in [5.74, 6) is -2.81. The van der Waals surface area contributed by atoms with Crippen LogP contribution in [-0.4, -0.2) is 42.1 Å². The number of rotatable bonds is 2. The maximum Gasteiger partial charge on any atom is 0.313 e. The summed E-state index contributed by atoms with van der Waals surface area (Å²) in [7, 11) is 1.36. The van der Waals surface area contributed by atoms with Crippen LogP contribution in [0.15, 0.2) is 18.2 Å². The van der Waals surface area contributed by atoms with Gasteiger partial charge in [0.25, 0.3) is 11.8 Å². The van der Waals surface area contributed by atoms with E-state index in [1.54, 1.807) is 6.07 Å². The Morgan fingerprint density at radius 1 is 1.19 bits per heavy atom. The Hall–Kier alpha value is -3.21. The van der Waals surface area contributed by atoms with E-state index >= 15 is 0 Å². The minimum Gasteiger partial charge on any atom is -0.335 e. The molecule has 0 radical (unpaired) electrons. The van der Waals surface area contributed by atoms with Gasteiger partial charge in [0.05, 0.1) is 17.2 Å². The standard InChI is InChI=1S/C13H10N4O4/c1-17-12(20)8-3-2-7(6-9(8)13(17)21)16-11(19)10(18)15-5-4-14/h2-3,6H,5H2,1H3,(H,15,18)(H,16,19). The number of carbonyl (C=O) groups is 4. The van der Waals surface area contributed by atoms with E-state index in [2.05, 4.69) is 10.6 Å². The molecule has 0 atom stereocenters. The molecule has 1 aliphatic heterocycles. The van der Waals surface area contributed by atoms with Gasteiger partial charge in [-0.2, -0.15) is 5.26 Å². The molecule has 0 unspecified atom stereocenters. The molecular formula is C13H10N4O4. The molecule has 0 aliphatic carbocycles. The van der Waals surface area contributed by atoms with Gasteiger partial charge in [-0.25, -0.2) is 0 Å². The summed E-state index contributed by atoms with van der Waals surface area (Å²) in [5, 5.41) is 12.7. The summed E-state index contributed by atoms with van der Waals surface area (Å²) in [5.41, 5.74) is 0.620. The van der Waals surface area contributed by atoms with Crippen molar-refractivity contribution in [1.29, 1.82) is 5.26 Å². The minimum absolute atomic E-state index is 0.165. The van der Waals surface area contributed by atoms with Gasteiger partial charge in [0, 0.05) is 12.7 Å². The number of nitrogens with zero attached hydrogens (tertiary/aromatic N) is 2. The maximum absolute atomic E-state index is 11.8. The summed E-state index contributed by atoms with van der Waals surface area (Å²) >= 11 is 0. The molecule has 0 fully saturated rings. The Labute approximate surface area is 119 Å². The van der Waals surface area contributed by atoms with Crippen molar-refractivity contribution in [2.45, 2.75) is 0 Å². The fraction of sp³-hybridized carbons (Fsp3) is 0.154. The number of hydrogen-bond acceptors (Lipinski definition) is 5. The SMILES string of the molecule is CN1C(=O)c2ccc(NC(=O)C(=O)NCC#N)cc2C1=O. The molecular weight excluding hydrogens is 276 g/mol. The van der Waals surface area contributed by atoms with E-state index in [4.69, 9.17) is 5.26 Å². The highest BCUT2D eigenvalue weighted by atomic mass is 16.2. The normalized spacial score (nSPS) is 12.7. The fourth-order valence-electron chi connectivity index (χ4n) is 1.83. The van der Waals surface area contributed by atoms with Crippen LogP contribution >= 0.6 is 0 Å². The van der Waals surface area contributed by atoms with Gasteiger partial charge in [0.1, 0.15) is 6.54 Å². The summed E-state index contributed by atoms with van der Waals surface area (Å²) in [6, 6.07) is 5.82. The number of nitrogens with one attached hydrogen (secondary N) is 2. The first-order valence-corrected chi connectivity index (χ1v) is 5.88. The number of fused-ring (bicyclic) bond motifs is 1. The van der Waals surface area contributed by atoms with Gasteiger partial charge in [0.2, 0.25) is 0 Å². The van der Waals surface area contributed by atoms with E-state index in [1.165, 1.54) is 25.2 Å². The van der Waals surface area contributed by atoms with Gasteiger partial charge in [-0.3, -0.25) is 24.1 Å². The maximum atomic E-state index is 11.8. The van der Waals surface area contributed by atoms with Crippen LogP contribution in [0.1, 0.15) is 20.7 Å². The molecule has 2 rings (SSSR count). The van der Waals surface area contributed by atoms with E-state index in [9.17, 15) is 19.2 Å². The van der Waals surface area contributed by atoms with E-state index in [1.807, 2.05) is 0 Å². The lowest BCUT2D eigenvalue weighted by Crippen LogP contribution is -2.35. The monoisotopic (exact) mass is 286 g/mol. The lowest BCUT2D eigenvalue weighted by molar-refractivity contribution is -0.136. The molecule has 106 valence electrons. The Bertz CT molecular complexity index is 705. The van der Waals surface area contributed by atoms with Crippen molar-refractivity contribution < 1.29 is 19.2 Å². The van der Waals surface area contributed by atoms with Gasteiger partial charge in [-0.05, 0) is 18.2 Å². The van der Waals surface area contributed by atoms with Crippen molar-refractivity contribution >= 4 is 29.3 Å². The summed E-state index contributed by atoms with van der Waals surface area (Å²) in [6.45, 7) is -0.284. The van der Waals surface area contributed by atoms with Crippen molar-refractivity contribution in [3.63, 3.8) is 0 Å². The van der Waals surface area contributed by atoms with Crippen LogP contribution in [0.25, 0.3) is 0 Å². The second-order valence-electron chi connectivity index (χ2n) is 4.22. The summed E-state index contributed by atoms with van der Waals surface area (Å²) in [4.78, 5) is 47.3. The second kappa shape index (κ2) is 5.42. The van der Waals surface area contributed by atoms with E-state index < -0.39 is 23.6 Å². The Morgan fingerprint density at radius 2 is 1.86 bits per heavy atom. The molecule has 8 heteroatoms. The lowest BCUT2D eigenvalue weighted by atomic mass is 10.1. The number of imide groups is 1. The Morgan fingerprint density at radius 3 is 2.52 bits per heavy atom. The number of hydrogen-bond donors (Lipinski definition) is 2. The number of amides is 4. The third-order valence-corrected chi connectivity index (χ3v) is 2.88. The third-order valence-electron chi connectivity index (χ3n) is 2.88. The average molecular weight is 286 g/mol. The lowest BCUT2D eigenvalue weighted by Gasteiger charge is -2.05. The molecule has 0 saturated carbocycles. The molecule has 2 N–H and O–H groups in total. The predicted molar refractivity (Wildman–Crippen MR) is 70.1 cm³/mol. The molecule has 4 amide bonds. The largest absolute Gasteiger partial charge is 0.335 e. The van der Waals surface area contributed by atoms with Crippen molar-refractivity contribution in [1.82, 2.24) is 10.2 Å². The van der Waals surface area contributed by atoms with Gasteiger partial charge in [-0.15, -0.1) is 0 Å². The number of nitriles is 1. The van der Waals surface area contributed by atoms with E-state index in [0.717, 1.165) is 4.90 Å². The smallest absolute Gasteiger partial charge is 0.313 e. The van der Waals surface area contributed by atoms with Gasteiger partial charge < -0.3 is 10.6 Å². The molecule has 1 aromatic rings. The number of benzene rings is 1. The average Bonchev–Trinajstić information content (AvgIpc) is 2.69. The number of carbonyl (C=O) groups excluding carboxylic acids is 4. The van der Waals surface area contributed by atoms with Crippen LogP contribution in [0, 0.1) is 11.3 Å². The van der Waals surface area contributed by atoms with Crippen molar-refractivity contribution in [2.24, 2.45) is 0 Å². The molecule has 0 spiro atoms. The van der Waals surface area contributed by atoms with Crippen molar-refractivity contribution in [2.75, 3.05) is 18.9 Å². The van der Waals surface area contributed by atoms with Gasteiger partial charge >= 0.3 is 11.8 Å². The van der Waals surface area contributed by atoms with Gasteiger partial charge in [-0.1, -0.05) is 0 Å². The molecule has 0 aromatic heterocycles. The first-order chi connectivity index (χ1) is 9.95. The molecule has 8 nitrogen and oxygen atoms in total. The second-order valence-corrected chi connectivity index (χ2v) is 4.22. The van der Waals surface area contributed by atoms with Gasteiger partial charge in [0.15, 0.2) is 0 Å². The quantitative estimate of drug-likeness (QED) is 0.431. The Kier molecular flexibility index (Phi) is 3.67. The van der Waals surface area contributed by atoms with Crippen LogP contribution in [0.5, 0.6) is 0 Å². The summed E-state index contributed by atoms with van der Waals surface area (Å²) < 4.78 is 0. The van der Waals surface area contributed by atoms with Crippen LogP contribution in [0.3, 0.4) is 0 Å². The van der Waals surface area contributed by atoms with Crippen LogP contribution in [0.2, 0.25) is 0 Å². The summed E-state index contributed by atoms with van der Waals surface area (Å²) in [6.07, 6.45) is 0. The highest BCUT2D eigenvalue weighted by Crippen LogP contribution is 2.24. The van der Waals surface area contributed by atoms with Crippen LogP contribution in [-0.2, 0) is 9.59 Å². The van der Waals surface area contributed by atoms with Crippen LogP contribution in [0.4, 0.5) is 5.69 Å². The highest BCUT2D eigenvalue weighted by Gasteiger charge is 2.32. The first-order valence-electron chi connectivity index (χ1n) is 5.88. The minimum atomic E-state index is -0.963. The van der Waals surface area contributed by atoms with Crippen LogP contribution < -0.4 is 10.6 Å². The fourth-order valence-corrected chi connectivity index (χ4v) is 1.83. The molecule has 1 heterocycles. The molecule has 1 aliphatic rings. The number of anilines is 1. The zero-order valence-electron chi connectivity index (χ0n) is 11.0. The highest BCUT2D eigenvalue weighted by molar-refractivity contribution is 6.39. The molecule has 21 heavy (non-hydrogen) atoms. The van der Waals surface area contributed by atoms with Crippen molar-refractivity contribution in [3.8, 4) is 6.07 Å². The third kappa shape index (κ3) is 2.57. The molecule has 0 bridgehead atoms. The molecule has 1 aromatic carbocycles. The van der Waals surface area contributed by atoms with Crippen molar-refractivity contribution in [3.05, 3.63) is 29.3 Å². The van der Waals surface area contributed by atoms with E-state index in [0.29, 0.717) is 0 Å². The first kappa shape index (κ1) is 14.2. The molecule has 0 saturated heterocycles. The predicted octanol–water partition coefficient (Wildman–Crippen LogP) is -0.509. The van der Waals surface area contributed by atoms with E-state index in [-0.39, 0.29) is 23.4 Å².